The molecule has 0 radical (unpaired) electrons. The van der Waals surface area contributed by atoms with Gasteiger partial charge in [-0.1, -0.05) is 12.2 Å². The molecule has 0 saturated carbocycles. The molecule has 0 aromatic carbocycles. The molecule has 4 heterocycles. The van der Waals surface area contributed by atoms with E-state index >= 15 is 0 Å². The third-order valence-electron chi connectivity index (χ3n) is 5.00. The van der Waals surface area contributed by atoms with E-state index in [4.69, 9.17) is 30.4 Å². The Labute approximate surface area is 262 Å². The number of imidazole rings is 2. The second-order valence-corrected chi connectivity index (χ2v) is 8.09. The van der Waals surface area contributed by atoms with E-state index in [1.54, 1.807) is 26.0 Å². The second-order valence-electron chi connectivity index (χ2n) is 8.09. The molecule has 0 aliphatic rings. The number of aromatic amines is 2. The Hall–Kier alpha value is -5.44. The molecular formula is C26H40N12O8. The van der Waals surface area contributed by atoms with Gasteiger partial charge in [0, 0.05) is 12.2 Å². The first-order valence-electron chi connectivity index (χ1n) is 13.5. The van der Waals surface area contributed by atoms with Gasteiger partial charge in [-0.15, -0.1) is 0 Å². The summed E-state index contributed by atoms with van der Waals surface area (Å²) in [5, 5.41) is 0. The van der Waals surface area contributed by atoms with Gasteiger partial charge in [-0.2, -0.15) is 9.97 Å². The number of carbonyl (C=O) groups excluding carboxylic acids is 2. The Morgan fingerprint density at radius 2 is 1.09 bits per heavy atom. The van der Waals surface area contributed by atoms with Crippen LogP contribution in [0.1, 0.15) is 13.8 Å². The monoisotopic (exact) mass is 648 g/mol. The number of carbonyl (C=O) groups is 2. The van der Waals surface area contributed by atoms with Gasteiger partial charge in [0.25, 0.3) is 11.1 Å². The van der Waals surface area contributed by atoms with Crippen molar-refractivity contribution in [3.8, 4) is 0 Å². The Kier molecular flexibility index (Phi) is 17.9. The van der Waals surface area contributed by atoms with Gasteiger partial charge in [-0.25, -0.2) is 19.6 Å². The Balaban J connectivity index is 0.000000415. The van der Waals surface area contributed by atoms with Crippen LogP contribution in [0.5, 0.6) is 0 Å². The smallest absolute Gasteiger partial charge is 0.330 e. The number of nitrogens with one attached hydrogen (secondary N) is 2. The molecule has 46 heavy (non-hydrogen) atoms. The van der Waals surface area contributed by atoms with Gasteiger partial charge in [-0.05, 0) is 27.9 Å². The maximum Gasteiger partial charge on any atom is 0.330 e. The molecule has 0 spiro atoms. The first-order valence-corrected chi connectivity index (χ1v) is 13.5. The quantitative estimate of drug-likeness (QED) is 0.0593. The van der Waals surface area contributed by atoms with Crippen LogP contribution in [0.25, 0.3) is 22.3 Å². The summed E-state index contributed by atoms with van der Waals surface area (Å²) in [4.78, 5) is 65.8. The summed E-state index contributed by atoms with van der Waals surface area (Å²) in [6.45, 7) is 4.37. The standard InChI is InChI=1S/2C12H15N5O4.2CH5N/c2*1-2-3-8(18)21-5-4-20-7-17-6-14-9-10(17)15-12(13)16-11(9)19;2*1-2/h2*2-3,6H,4-5,7H2,1H3,(H3,13,15,16,19);2*2H2,1H3/b2*3-2+;;. The van der Waals surface area contributed by atoms with Gasteiger partial charge in [0.1, 0.15) is 26.7 Å². The highest BCUT2D eigenvalue weighted by molar-refractivity contribution is 5.82. The van der Waals surface area contributed by atoms with E-state index in [1.807, 2.05) is 0 Å². The SMILES string of the molecule is C/C=C/C(=O)OCCOCn1cnc2c(=O)[nH]c(N)nc21.C/C=C/C(=O)OCCOCn1cnc2c(=O)[nH]c(N)nc21.CN.CN. The number of hydrogen-bond acceptors (Lipinski definition) is 16. The average Bonchev–Trinajstić information content (AvgIpc) is 3.64. The lowest BCUT2D eigenvalue weighted by Crippen LogP contribution is -2.13. The molecule has 20 nitrogen and oxygen atoms in total. The van der Waals surface area contributed by atoms with E-state index in [0.29, 0.717) is 11.3 Å². The van der Waals surface area contributed by atoms with E-state index in [1.165, 1.54) is 48.0 Å². The van der Waals surface area contributed by atoms with Gasteiger partial charge < -0.3 is 41.9 Å². The average molecular weight is 649 g/mol. The molecule has 0 aliphatic heterocycles. The van der Waals surface area contributed by atoms with Crippen LogP contribution in [0.3, 0.4) is 0 Å². The second kappa shape index (κ2) is 21.3. The van der Waals surface area contributed by atoms with Gasteiger partial charge >= 0.3 is 11.9 Å². The molecule has 0 aliphatic carbocycles. The zero-order valence-corrected chi connectivity index (χ0v) is 26.0. The zero-order chi connectivity index (χ0) is 34.5. The molecular weight excluding hydrogens is 608 g/mol. The predicted molar refractivity (Wildman–Crippen MR) is 169 cm³/mol. The molecule has 252 valence electrons. The summed E-state index contributed by atoms with van der Waals surface area (Å²) in [6, 6.07) is 0. The number of ether oxygens (including phenoxy) is 4. The fourth-order valence-electron chi connectivity index (χ4n) is 3.23. The Morgan fingerprint density at radius 1 is 0.717 bits per heavy atom. The molecule has 0 atom stereocenters. The molecule has 0 unspecified atom stereocenters. The van der Waals surface area contributed by atoms with Gasteiger partial charge in [0.2, 0.25) is 11.9 Å². The molecule has 20 heteroatoms. The molecule has 0 fully saturated rings. The molecule has 0 bridgehead atoms. The summed E-state index contributed by atoms with van der Waals surface area (Å²) in [5.74, 6) is -0.825. The van der Waals surface area contributed by atoms with Gasteiger partial charge in [0.15, 0.2) is 22.3 Å². The molecule has 4 aromatic heterocycles. The van der Waals surface area contributed by atoms with Crippen LogP contribution in [-0.2, 0) is 42.0 Å². The number of esters is 2. The first kappa shape index (κ1) is 38.6. The third kappa shape index (κ3) is 12.3. The molecule has 0 amide bonds. The largest absolute Gasteiger partial charge is 0.460 e. The maximum atomic E-state index is 11.6. The lowest BCUT2D eigenvalue weighted by Gasteiger charge is -2.06. The Bertz CT molecular complexity index is 1570. The van der Waals surface area contributed by atoms with Gasteiger partial charge in [0.05, 0.1) is 25.9 Å². The van der Waals surface area contributed by atoms with Crippen LogP contribution in [0.15, 0.2) is 46.5 Å². The minimum absolute atomic E-state index is 0.00883. The van der Waals surface area contributed by atoms with Crippen LogP contribution >= 0.6 is 0 Å². The van der Waals surface area contributed by atoms with Crippen LogP contribution in [-0.4, -0.2) is 91.5 Å². The summed E-state index contributed by atoms with van der Waals surface area (Å²) in [7, 11) is 3.00. The lowest BCUT2D eigenvalue weighted by atomic mass is 10.5. The van der Waals surface area contributed by atoms with Crippen molar-refractivity contribution in [2.24, 2.45) is 11.5 Å². The van der Waals surface area contributed by atoms with Crippen molar-refractivity contribution in [2.45, 2.75) is 27.3 Å². The number of anilines is 2. The number of aromatic nitrogens is 8. The third-order valence-corrected chi connectivity index (χ3v) is 5.00. The Morgan fingerprint density at radius 3 is 1.43 bits per heavy atom. The van der Waals surface area contributed by atoms with E-state index < -0.39 is 23.1 Å². The summed E-state index contributed by atoms with van der Waals surface area (Å²) in [6.07, 6.45) is 8.68. The minimum atomic E-state index is -0.421. The van der Waals surface area contributed by atoms with Crippen LogP contribution < -0.4 is 34.1 Å². The first-order chi connectivity index (χ1) is 22.2. The van der Waals surface area contributed by atoms with Crippen molar-refractivity contribution in [3.05, 3.63) is 57.7 Å². The maximum absolute atomic E-state index is 11.6. The minimum Gasteiger partial charge on any atom is -0.460 e. The van der Waals surface area contributed by atoms with E-state index in [9.17, 15) is 19.2 Å². The number of allylic oxidation sites excluding steroid dienone is 2. The van der Waals surface area contributed by atoms with E-state index in [-0.39, 0.29) is 62.8 Å². The summed E-state index contributed by atoms with van der Waals surface area (Å²) in [5.41, 5.74) is 20.2. The molecule has 10 N–H and O–H groups in total. The summed E-state index contributed by atoms with van der Waals surface area (Å²) < 4.78 is 23.4. The molecule has 4 rings (SSSR count). The number of rotatable bonds is 12. The van der Waals surface area contributed by atoms with Crippen molar-refractivity contribution in [3.63, 3.8) is 0 Å². The number of fused-ring (bicyclic) bond motifs is 2. The predicted octanol–water partition coefficient (Wildman–Crippen LogP) is -1.26. The van der Waals surface area contributed by atoms with Gasteiger partial charge in [-0.3, -0.25) is 28.7 Å². The molecule has 0 saturated heterocycles. The van der Waals surface area contributed by atoms with Crippen molar-refractivity contribution in [2.75, 3.05) is 52.0 Å². The highest BCUT2D eigenvalue weighted by Crippen LogP contribution is 2.07. The number of hydrogen-bond donors (Lipinski definition) is 6. The van der Waals surface area contributed by atoms with Crippen LogP contribution in [0, 0.1) is 0 Å². The van der Waals surface area contributed by atoms with Crippen molar-refractivity contribution in [1.82, 2.24) is 39.0 Å². The number of nitrogens with zero attached hydrogens (tertiary/aromatic N) is 6. The topological polar surface area (TPSA) is 302 Å². The van der Waals surface area contributed by atoms with E-state index in [2.05, 4.69) is 41.4 Å². The molecule has 4 aromatic rings. The van der Waals surface area contributed by atoms with Crippen molar-refractivity contribution in [1.29, 1.82) is 0 Å². The highest BCUT2D eigenvalue weighted by atomic mass is 16.6. The fourth-order valence-corrected chi connectivity index (χ4v) is 3.23. The fraction of sp³-hybridized carbons (Fsp3) is 0.385. The lowest BCUT2D eigenvalue weighted by molar-refractivity contribution is -0.140. The number of nitrogen functional groups attached to an aromatic ring is 2. The van der Waals surface area contributed by atoms with Crippen LogP contribution in [0.4, 0.5) is 11.9 Å². The van der Waals surface area contributed by atoms with Crippen molar-refractivity contribution < 1.29 is 28.5 Å². The number of H-pyrrole nitrogens is 2. The van der Waals surface area contributed by atoms with Crippen LogP contribution in [0.2, 0.25) is 0 Å². The summed E-state index contributed by atoms with van der Waals surface area (Å²) >= 11 is 0. The van der Waals surface area contributed by atoms with Crippen molar-refractivity contribution >= 4 is 46.2 Å². The highest BCUT2D eigenvalue weighted by Gasteiger charge is 2.10. The zero-order valence-electron chi connectivity index (χ0n) is 26.0. The number of nitrogens with two attached hydrogens (primary N) is 4. The normalized spacial score (nSPS) is 10.6. The van der Waals surface area contributed by atoms with E-state index in [0.717, 1.165) is 0 Å².